The van der Waals surface area contributed by atoms with Crippen LogP contribution in [-0.2, 0) is 9.47 Å². The number of ether oxygens (including phenoxy) is 2. The molecule has 2 N–H and O–H groups in total. The third-order valence-corrected chi connectivity index (χ3v) is 6.21. The Morgan fingerprint density at radius 2 is 1.92 bits per heavy atom. The third kappa shape index (κ3) is 5.91. The fourth-order valence-electron chi connectivity index (χ4n) is 4.51. The molecule has 0 aliphatic carbocycles. The first-order chi connectivity index (χ1) is 17.5. The molecule has 1 atom stereocenters. The van der Waals surface area contributed by atoms with Crippen molar-refractivity contribution in [2.75, 3.05) is 36.5 Å². The van der Waals surface area contributed by atoms with Gasteiger partial charge >= 0.3 is 5.97 Å². The maximum absolute atomic E-state index is 12.7. The fourth-order valence-corrected chi connectivity index (χ4v) is 4.51. The fraction of sp³-hybridized carbons (Fsp3) is 0.345. The number of benzene rings is 2. The highest BCUT2D eigenvalue weighted by Gasteiger charge is 2.22. The molecular weight excluding hydrogens is 452 g/mol. The standard InChI is InChI=1S/C29H34N4O3/c1-4-9-24-19-33(16-17-36-24)23-14-12-21(13-15-23)25-18-26(29(34)35-5-2)32-28(27(25)20(3)30)31-22-10-7-6-8-11-22/h6-8,10-15,18,24,30H,4-5,9,16-17,19H2,1-3H3,(H,31,32). The van der Waals surface area contributed by atoms with Crippen molar-refractivity contribution in [3.63, 3.8) is 0 Å². The van der Waals surface area contributed by atoms with E-state index in [9.17, 15) is 4.79 Å². The number of hydrogen-bond acceptors (Lipinski definition) is 7. The van der Waals surface area contributed by atoms with Gasteiger partial charge in [0.1, 0.15) is 5.82 Å². The summed E-state index contributed by atoms with van der Waals surface area (Å²) in [7, 11) is 0. The van der Waals surface area contributed by atoms with Crippen molar-refractivity contribution in [1.82, 2.24) is 4.98 Å². The molecule has 4 rings (SSSR count). The Balaban J connectivity index is 1.73. The largest absolute Gasteiger partial charge is 0.461 e. The minimum Gasteiger partial charge on any atom is -0.461 e. The molecule has 1 aliphatic heterocycles. The minimum absolute atomic E-state index is 0.204. The van der Waals surface area contributed by atoms with Gasteiger partial charge in [0.05, 0.1) is 19.3 Å². The Hall–Kier alpha value is -3.71. The van der Waals surface area contributed by atoms with Gasteiger partial charge in [0.15, 0.2) is 5.69 Å². The van der Waals surface area contributed by atoms with Crippen LogP contribution < -0.4 is 10.2 Å². The van der Waals surface area contributed by atoms with Gasteiger partial charge in [0.2, 0.25) is 0 Å². The summed E-state index contributed by atoms with van der Waals surface area (Å²) in [6.07, 6.45) is 2.42. The lowest BCUT2D eigenvalue weighted by Gasteiger charge is -2.34. The van der Waals surface area contributed by atoms with E-state index in [0.717, 1.165) is 55.0 Å². The van der Waals surface area contributed by atoms with Gasteiger partial charge in [0, 0.05) is 35.7 Å². The van der Waals surface area contributed by atoms with Crippen LogP contribution in [0, 0.1) is 5.41 Å². The van der Waals surface area contributed by atoms with Crippen molar-refractivity contribution >= 4 is 28.9 Å². The van der Waals surface area contributed by atoms with E-state index in [1.165, 1.54) is 0 Å². The van der Waals surface area contributed by atoms with Crippen molar-refractivity contribution in [2.45, 2.75) is 39.7 Å². The van der Waals surface area contributed by atoms with Crippen LogP contribution >= 0.6 is 0 Å². The molecule has 7 nitrogen and oxygen atoms in total. The number of nitrogens with one attached hydrogen (secondary N) is 2. The minimum atomic E-state index is -0.490. The molecule has 0 spiro atoms. The summed E-state index contributed by atoms with van der Waals surface area (Å²) >= 11 is 0. The van der Waals surface area contributed by atoms with E-state index >= 15 is 0 Å². The van der Waals surface area contributed by atoms with Crippen molar-refractivity contribution in [2.24, 2.45) is 0 Å². The van der Waals surface area contributed by atoms with Crippen LogP contribution in [0.5, 0.6) is 0 Å². The lowest BCUT2D eigenvalue weighted by molar-refractivity contribution is 0.0348. The Labute approximate surface area is 213 Å². The number of hydrogen-bond donors (Lipinski definition) is 2. The van der Waals surface area contributed by atoms with Crippen LogP contribution in [0.15, 0.2) is 60.7 Å². The van der Waals surface area contributed by atoms with Gasteiger partial charge in [0.25, 0.3) is 0 Å². The van der Waals surface area contributed by atoms with Gasteiger partial charge in [-0.05, 0) is 61.7 Å². The smallest absolute Gasteiger partial charge is 0.357 e. The number of aromatic nitrogens is 1. The second-order valence-corrected chi connectivity index (χ2v) is 8.89. The van der Waals surface area contributed by atoms with Crippen LogP contribution in [0.4, 0.5) is 17.2 Å². The molecule has 2 aromatic carbocycles. The molecule has 3 aromatic rings. The van der Waals surface area contributed by atoms with Gasteiger partial charge in [-0.15, -0.1) is 0 Å². The molecule has 188 valence electrons. The van der Waals surface area contributed by atoms with Crippen LogP contribution in [-0.4, -0.2) is 49.1 Å². The van der Waals surface area contributed by atoms with Gasteiger partial charge in [-0.1, -0.05) is 43.7 Å². The summed E-state index contributed by atoms with van der Waals surface area (Å²) in [6, 6.07) is 19.6. The number of carbonyl (C=O) groups excluding carboxylic acids is 1. The molecule has 0 radical (unpaired) electrons. The zero-order valence-electron chi connectivity index (χ0n) is 21.2. The molecule has 0 saturated carbocycles. The van der Waals surface area contributed by atoms with E-state index in [4.69, 9.17) is 14.9 Å². The highest BCUT2D eigenvalue weighted by Crippen LogP contribution is 2.33. The highest BCUT2D eigenvalue weighted by molar-refractivity contribution is 6.08. The molecule has 1 unspecified atom stereocenters. The molecule has 7 heteroatoms. The Bertz CT molecular complexity index is 1190. The quantitative estimate of drug-likeness (QED) is 0.282. The molecule has 1 aliphatic rings. The first kappa shape index (κ1) is 25.4. The molecule has 1 saturated heterocycles. The molecule has 36 heavy (non-hydrogen) atoms. The monoisotopic (exact) mass is 486 g/mol. The highest BCUT2D eigenvalue weighted by atomic mass is 16.5. The predicted octanol–water partition coefficient (Wildman–Crippen LogP) is 6.06. The zero-order chi connectivity index (χ0) is 25.5. The molecule has 2 heterocycles. The summed E-state index contributed by atoms with van der Waals surface area (Å²) in [5, 5.41) is 11.8. The topological polar surface area (TPSA) is 87.5 Å². The molecule has 0 amide bonds. The zero-order valence-corrected chi connectivity index (χ0v) is 21.2. The lowest BCUT2D eigenvalue weighted by Crippen LogP contribution is -2.42. The van der Waals surface area contributed by atoms with E-state index in [1.54, 1.807) is 19.9 Å². The van der Waals surface area contributed by atoms with Crippen LogP contribution in [0.1, 0.15) is 49.7 Å². The first-order valence-corrected chi connectivity index (χ1v) is 12.6. The number of anilines is 3. The Morgan fingerprint density at radius 1 is 1.17 bits per heavy atom. The maximum Gasteiger partial charge on any atom is 0.357 e. The summed E-state index contributed by atoms with van der Waals surface area (Å²) in [6.45, 7) is 8.41. The van der Waals surface area contributed by atoms with Crippen LogP contribution in [0.3, 0.4) is 0 Å². The normalized spacial score (nSPS) is 15.4. The van der Waals surface area contributed by atoms with E-state index in [0.29, 0.717) is 17.1 Å². The Kier molecular flexibility index (Phi) is 8.33. The van der Waals surface area contributed by atoms with E-state index in [1.807, 2.05) is 42.5 Å². The van der Waals surface area contributed by atoms with Crippen LogP contribution in [0.2, 0.25) is 0 Å². The average molecular weight is 487 g/mol. The van der Waals surface area contributed by atoms with Crippen LogP contribution in [0.25, 0.3) is 11.1 Å². The molecule has 1 aromatic heterocycles. The van der Waals surface area contributed by atoms with E-state index < -0.39 is 5.97 Å². The predicted molar refractivity (Wildman–Crippen MR) is 145 cm³/mol. The molecule has 1 fully saturated rings. The second-order valence-electron chi connectivity index (χ2n) is 8.89. The number of para-hydroxylation sites is 1. The molecular formula is C29H34N4O3. The van der Waals surface area contributed by atoms with E-state index in [-0.39, 0.29) is 18.4 Å². The second kappa shape index (κ2) is 11.8. The third-order valence-electron chi connectivity index (χ3n) is 6.21. The maximum atomic E-state index is 12.7. The summed E-state index contributed by atoms with van der Waals surface area (Å²) in [5.41, 5.74) is 4.83. The van der Waals surface area contributed by atoms with Gasteiger partial charge < -0.3 is 25.1 Å². The summed E-state index contributed by atoms with van der Waals surface area (Å²) in [4.78, 5) is 19.6. The Morgan fingerprint density at radius 3 is 2.58 bits per heavy atom. The summed E-state index contributed by atoms with van der Waals surface area (Å²) in [5.74, 6) is -0.0372. The molecule has 0 bridgehead atoms. The average Bonchev–Trinajstić information content (AvgIpc) is 2.89. The lowest BCUT2D eigenvalue weighted by atomic mass is 9.96. The SMILES string of the molecule is CCCC1CN(c2ccc(-c3cc(C(=O)OCC)nc(Nc4ccccc4)c3C(C)=N)cc2)CCO1. The van der Waals surface area contributed by atoms with Gasteiger partial charge in [-0.2, -0.15) is 0 Å². The number of morpholine rings is 1. The van der Waals surface area contributed by atoms with Crippen molar-refractivity contribution in [3.05, 3.63) is 71.9 Å². The van der Waals surface area contributed by atoms with E-state index in [2.05, 4.69) is 34.3 Å². The summed E-state index contributed by atoms with van der Waals surface area (Å²) < 4.78 is 11.2. The number of esters is 1. The number of rotatable bonds is 9. The van der Waals surface area contributed by atoms with Gasteiger partial charge in [-0.25, -0.2) is 9.78 Å². The van der Waals surface area contributed by atoms with Crippen molar-refractivity contribution < 1.29 is 14.3 Å². The van der Waals surface area contributed by atoms with Crippen molar-refractivity contribution in [1.29, 1.82) is 5.41 Å². The van der Waals surface area contributed by atoms with Crippen molar-refractivity contribution in [3.8, 4) is 11.1 Å². The number of nitrogens with zero attached hydrogens (tertiary/aromatic N) is 2. The van der Waals surface area contributed by atoms with Gasteiger partial charge in [-0.3, -0.25) is 0 Å². The number of carbonyl (C=O) groups is 1. The number of pyridine rings is 1. The first-order valence-electron chi connectivity index (χ1n) is 12.6.